The maximum atomic E-state index is 13.2. The van der Waals surface area contributed by atoms with Gasteiger partial charge in [0.25, 0.3) is 0 Å². The number of aromatic amines is 1. The summed E-state index contributed by atoms with van der Waals surface area (Å²) >= 11 is 5.19. The van der Waals surface area contributed by atoms with Gasteiger partial charge in [0.15, 0.2) is 5.95 Å². The summed E-state index contributed by atoms with van der Waals surface area (Å²) in [5, 5.41) is 0. The zero-order valence-corrected chi connectivity index (χ0v) is 10.3. The molecule has 0 spiro atoms. The molecular formula is C12H13FN2S. The summed E-state index contributed by atoms with van der Waals surface area (Å²) in [6.07, 6.45) is 0. The third kappa shape index (κ3) is 1.85. The molecule has 2 heterocycles. The maximum absolute atomic E-state index is 13.2. The van der Waals surface area contributed by atoms with E-state index in [4.69, 9.17) is 12.2 Å². The van der Waals surface area contributed by atoms with Gasteiger partial charge in [-0.1, -0.05) is 26.1 Å². The average molecular weight is 236 g/mol. The normalized spacial score (nSPS) is 11.3. The molecule has 2 rings (SSSR count). The van der Waals surface area contributed by atoms with Crippen LogP contribution >= 0.6 is 12.2 Å². The Morgan fingerprint density at radius 2 is 2.06 bits per heavy atom. The van der Waals surface area contributed by atoms with Crippen molar-refractivity contribution in [2.75, 3.05) is 0 Å². The van der Waals surface area contributed by atoms with Gasteiger partial charge in [0.05, 0.1) is 0 Å². The van der Waals surface area contributed by atoms with Crippen LogP contribution in [0, 0.1) is 17.5 Å². The number of nitrogens with zero attached hydrogens (tertiary/aromatic N) is 1. The lowest BCUT2D eigenvalue weighted by Crippen LogP contribution is -2.01. The van der Waals surface area contributed by atoms with E-state index >= 15 is 0 Å². The van der Waals surface area contributed by atoms with Gasteiger partial charge in [-0.25, -0.2) is 4.98 Å². The van der Waals surface area contributed by atoms with Crippen molar-refractivity contribution in [1.29, 1.82) is 0 Å². The number of aryl methyl sites for hydroxylation is 1. The van der Waals surface area contributed by atoms with Crippen LogP contribution in [0.5, 0.6) is 0 Å². The van der Waals surface area contributed by atoms with E-state index in [0.717, 1.165) is 16.7 Å². The summed E-state index contributed by atoms with van der Waals surface area (Å²) in [5.74, 6) is 0.463. The molecule has 2 aliphatic rings. The Kier molecular flexibility index (Phi) is 2.76. The van der Waals surface area contributed by atoms with Crippen LogP contribution in [0.2, 0.25) is 0 Å². The van der Waals surface area contributed by atoms with Crippen molar-refractivity contribution in [3.63, 3.8) is 0 Å². The maximum Gasteiger partial charge on any atom is 0.192 e. The predicted octanol–water partition coefficient (Wildman–Crippen LogP) is 3.81. The van der Waals surface area contributed by atoms with E-state index in [0.29, 0.717) is 16.4 Å². The molecule has 0 aromatic heterocycles. The molecule has 1 N–H and O–H groups in total. The van der Waals surface area contributed by atoms with Crippen molar-refractivity contribution in [1.82, 2.24) is 9.97 Å². The number of halogens is 1. The third-order valence-corrected chi connectivity index (χ3v) is 2.97. The van der Waals surface area contributed by atoms with E-state index in [1.165, 1.54) is 6.07 Å². The van der Waals surface area contributed by atoms with E-state index in [2.05, 4.69) is 23.8 Å². The van der Waals surface area contributed by atoms with Gasteiger partial charge in [-0.15, -0.1) is 0 Å². The molecule has 0 atom stereocenters. The second kappa shape index (κ2) is 3.94. The van der Waals surface area contributed by atoms with Crippen LogP contribution in [-0.4, -0.2) is 9.97 Å². The van der Waals surface area contributed by atoms with Gasteiger partial charge < -0.3 is 4.98 Å². The molecule has 2 aliphatic heterocycles. The number of aromatic nitrogens is 2. The van der Waals surface area contributed by atoms with E-state index in [1.54, 1.807) is 0 Å². The van der Waals surface area contributed by atoms with Crippen LogP contribution in [-0.2, 0) is 0 Å². The van der Waals surface area contributed by atoms with Crippen LogP contribution in [0.1, 0.15) is 30.9 Å². The highest BCUT2D eigenvalue weighted by atomic mass is 32.1. The van der Waals surface area contributed by atoms with Gasteiger partial charge in [0, 0.05) is 5.56 Å². The lowest BCUT2D eigenvalue weighted by atomic mass is 10.0. The Morgan fingerprint density at radius 3 is 2.69 bits per heavy atom. The number of fused-ring (bicyclic) bond motifs is 1. The molecule has 2 nitrogen and oxygen atoms in total. The topological polar surface area (TPSA) is 28.7 Å². The minimum atomic E-state index is -0.385. The predicted molar refractivity (Wildman–Crippen MR) is 64.8 cm³/mol. The summed E-state index contributed by atoms with van der Waals surface area (Å²) < 4.78 is 13.7. The molecule has 0 aliphatic carbocycles. The van der Waals surface area contributed by atoms with Gasteiger partial charge in [-0.05, 0) is 36.1 Å². The molecule has 0 unspecified atom stereocenters. The van der Waals surface area contributed by atoms with Crippen molar-refractivity contribution in [3.05, 3.63) is 33.8 Å². The molecule has 0 aromatic carbocycles. The Morgan fingerprint density at radius 1 is 1.38 bits per heavy atom. The van der Waals surface area contributed by atoms with Gasteiger partial charge in [0.1, 0.15) is 10.5 Å². The van der Waals surface area contributed by atoms with E-state index < -0.39 is 0 Å². The molecule has 0 fully saturated rings. The fourth-order valence-corrected chi connectivity index (χ4v) is 2.12. The smallest absolute Gasteiger partial charge is 0.192 e. The summed E-state index contributed by atoms with van der Waals surface area (Å²) in [5.41, 5.74) is 2.83. The summed E-state index contributed by atoms with van der Waals surface area (Å²) in [4.78, 5) is 6.83. The zero-order chi connectivity index (χ0) is 11.9. The first-order valence-corrected chi connectivity index (χ1v) is 5.60. The van der Waals surface area contributed by atoms with Crippen molar-refractivity contribution in [2.24, 2.45) is 0 Å². The number of pyridine rings is 2. The molecule has 4 heteroatoms. The average Bonchev–Trinajstić information content (AvgIpc) is 2.15. The number of H-pyrrole nitrogens is 1. The summed E-state index contributed by atoms with van der Waals surface area (Å²) in [6, 6.07) is 3.47. The minimum Gasteiger partial charge on any atom is -0.316 e. The minimum absolute atomic E-state index is 0.328. The molecule has 0 saturated carbocycles. The number of nitrogens with one attached hydrogen (secondary N) is 1. The van der Waals surface area contributed by atoms with E-state index in [9.17, 15) is 4.39 Å². The Bertz CT molecular complexity index is 560. The first-order valence-electron chi connectivity index (χ1n) is 5.19. The zero-order valence-electron chi connectivity index (χ0n) is 9.47. The summed E-state index contributed by atoms with van der Waals surface area (Å²) in [7, 11) is 0. The molecule has 84 valence electrons. The fourth-order valence-electron chi connectivity index (χ4n) is 1.74. The standard InChI is InChI=1S/C12H13FN2S/c1-6(2)8-5-9-7(3)4-10(13)14-11(9)15-12(8)16/h4-6H,1-3H3,(H,14,15,16). The third-order valence-electron chi connectivity index (χ3n) is 2.64. The molecule has 0 amide bonds. The lowest BCUT2D eigenvalue weighted by molar-refractivity contribution is 0.581. The van der Waals surface area contributed by atoms with Crippen molar-refractivity contribution in [2.45, 2.75) is 26.7 Å². The number of hydrogen-bond donors (Lipinski definition) is 1. The summed E-state index contributed by atoms with van der Waals surface area (Å²) in [6.45, 7) is 6.01. The highest BCUT2D eigenvalue weighted by molar-refractivity contribution is 7.71. The van der Waals surface area contributed by atoms with Crippen molar-refractivity contribution < 1.29 is 4.39 Å². The Hall–Kier alpha value is -1.29. The Balaban J connectivity index is 2.80. The lowest BCUT2D eigenvalue weighted by Gasteiger charge is -2.12. The highest BCUT2D eigenvalue weighted by Gasteiger charge is 2.13. The van der Waals surface area contributed by atoms with Crippen molar-refractivity contribution in [3.8, 4) is 11.4 Å². The van der Waals surface area contributed by atoms with Gasteiger partial charge in [-0.3, -0.25) is 0 Å². The second-order valence-corrected chi connectivity index (χ2v) is 4.62. The highest BCUT2D eigenvalue weighted by Crippen LogP contribution is 2.27. The largest absolute Gasteiger partial charge is 0.316 e. The van der Waals surface area contributed by atoms with Crippen molar-refractivity contribution >= 4 is 12.2 Å². The Labute approximate surface area is 98.9 Å². The molecule has 0 bridgehead atoms. The SMILES string of the molecule is Cc1cc(F)[nH]c2nc(=S)c(C(C)C)cc1-2. The molecule has 0 saturated heterocycles. The number of rotatable bonds is 1. The van der Waals surface area contributed by atoms with Gasteiger partial charge in [-0.2, -0.15) is 4.39 Å². The van der Waals surface area contributed by atoms with Crippen LogP contribution in [0.15, 0.2) is 12.1 Å². The fraction of sp³-hybridized carbons (Fsp3) is 0.333. The van der Waals surface area contributed by atoms with E-state index in [-0.39, 0.29) is 5.95 Å². The molecule has 0 aromatic rings. The van der Waals surface area contributed by atoms with Crippen LogP contribution in [0.4, 0.5) is 4.39 Å². The number of hydrogen-bond acceptors (Lipinski definition) is 2. The first-order chi connectivity index (χ1) is 7.49. The van der Waals surface area contributed by atoms with Crippen LogP contribution < -0.4 is 0 Å². The van der Waals surface area contributed by atoms with Crippen LogP contribution in [0.25, 0.3) is 11.4 Å². The quantitative estimate of drug-likeness (QED) is 0.602. The monoisotopic (exact) mass is 236 g/mol. The molecular weight excluding hydrogens is 223 g/mol. The second-order valence-electron chi connectivity index (χ2n) is 4.23. The first kappa shape index (κ1) is 11.2. The molecule has 0 radical (unpaired) electrons. The van der Waals surface area contributed by atoms with Crippen LogP contribution in [0.3, 0.4) is 0 Å². The van der Waals surface area contributed by atoms with Gasteiger partial charge >= 0.3 is 0 Å². The molecule has 16 heavy (non-hydrogen) atoms. The van der Waals surface area contributed by atoms with Gasteiger partial charge in [0.2, 0.25) is 0 Å². The van der Waals surface area contributed by atoms with E-state index in [1.807, 2.05) is 13.0 Å².